The molecule has 0 radical (unpaired) electrons. The predicted molar refractivity (Wildman–Crippen MR) is 170 cm³/mol. The topological polar surface area (TPSA) is 143 Å². The minimum Gasteiger partial charge on any atom is -0.464 e. The molecule has 264 valence electrons. The quantitative estimate of drug-likeness (QED) is 0.224. The molecule has 47 heavy (non-hydrogen) atoms. The Kier molecular flexibility index (Phi) is 10.9. The maximum absolute atomic E-state index is 12.9. The number of ketones is 1. The average Bonchev–Trinajstić information content (AvgIpc) is 3.32. The van der Waals surface area contributed by atoms with E-state index in [1.54, 1.807) is 6.92 Å². The van der Waals surface area contributed by atoms with Crippen LogP contribution in [-0.4, -0.2) is 78.0 Å². The Morgan fingerprint density at radius 2 is 1.47 bits per heavy atom. The van der Waals surface area contributed by atoms with Crippen molar-refractivity contribution < 1.29 is 47.7 Å². The number of Topliss-reactive ketones (excluding diaryl/α,β-unsaturated/α-hetero) is 1. The summed E-state index contributed by atoms with van der Waals surface area (Å²) in [6.45, 7) is 12.6. The van der Waals surface area contributed by atoms with Crippen LogP contribution in [0.3, 0.4) is 0 Å². The Bertz CT molecular complexity index is 1260. The molecule has 4 aliphatic carbocycles. The van der Waals surface area contributed by atoms with E-state index >= 15 is 0 Å². The van der Waals surface area contributed by atoms with Gasteiger partial charge in [-0.15, -0.1) is 0 Å². The van der Waals surface area contributed by atoms with Crippen molar-refractivity contribution in [3.05, 3.63) is 0 Å². The molecule has 0 aromatic rings. The minimum atomic E-state index is -1.72. The summed E-state index contributed by atoms with van der Waals surface area (Å²) in [5, 5.41) is 0. The van der Waals surface area contributed by atoms with Gasteiger partial charge < -0.3 is 23.8 Å². The monoisotopic (exact) mass is 661 g/mol. The molecule has 0 aliphatic heterocycles. The fourth-order valence-electron chi connectivity index (χ4n) is 9.94. The van der Waals surface area contributed by atoms with Gasteiger partial charge in [0.1, 0.15) is 24.5 Å². The number of esters is 4. The highest BCUT2D eigenvalue weighted by atomic mass is 16.6. The molecule has 4 rings (SSSR count). The first kappa shape index (κ1) is 36.8. The number of amides is 1. The number of nitrogens with zero attached hydrogens (tertiary/aromatic N) is 1. The normalized spacial score (nSPS) is 34.5. The van der Waals surface area contributed by atoms with Gasteiger partial charge in [0, 0.05) is 19.8 Å². The van der Waals surface area contributed by atoms with Crippen LogP contribution >= 0.6 is 0 Å². The van der Waals surface area contributed by atoms with E-state index in [9.17, 15) is 28.8 Å². The van der Waals surface area contributed by atoms with E-state index in [2.05, 4.69) is 13.8 Å². The first-order valence-electron chi connectivity index (χ1n) is 17.3. The van der Waals surface area contributed by atoms with E-state index in [1.807, 2.05) is 6.92 Å². The van der Waals surface area contributed by atoms with Gasteiger partial charge in [-0.2, -0.15) is 0 Å². The molecule has 8 atom stereocenters. The molecule has 0 N–H and O–H groups in total. The zero-order valence-electron chi connectivity index (χ0n) is 29.6. The highest BCUT2D eigenvalue weighted by Gasteiger charge is 2.62. The molecule has 4 saturated carbocycles. The molecule has 11 heteroatoms. The third-order valence-electron chi connectivity index (χ3n) is 12.4. The SMILES string of the molecule is CC(=O)OCCN(CC(=O)OC(C)(C)C(=O)OCC(=O)O[C@]1(C)CC[C@@]2(C)[C@@H](CC[C@@H]3[C@@H]2CC[C@]2(C)[C@@H](C(C)=O)CC[C@@H]32)C1)C(C)=O. The van der Waals surface area contributed by atoms with Gasteiger partial charge in [-0.3, -0.25) is 19.2 Å². The maximum atomic E-state index is 12.9. The third-order valence-corrected chi connectivity index (χ3v) is 12.4. The van der Waals surface area contributed by atoms with Gasteiger partial charge in [0.15, 0.2) is 6.61 Å². The van der Waals surface area contributed by atoms with E-state index in [0.29, 0.717) is 29.5 Å². The lowest BCUT2D eigenvalue weighted by Crippen LogP contribution is -2.56. The molecule has 0 unspecified atom stereocenters. The van der Waals surface area contributed by atoms with Gasteiger partial charge >= 0.3 is 23.9 Å². The van der Waals surface area contributed by atoms with Gasteiger partial charge in [-0.25, -0.2) is 9.59 Å². The minimum absolute atomic E-state index is 0.0117. The van der Waals surface area contributed by atoms with Crippen molar-refractivity contribution in [3.8, 4) is 0 Å². The first-order valence-corrected chi connectivity index (χ1v) is 17.3. The molecule has 4 aliphatic rings. The number of carbonyl (C=O) groups is 6. The van der Waals surface area contributed by atoms with Crippen molar-refractivity contribution in [2.45, 2.75) is 124 Å². The van der Waals surface area contributed by atoms with Gasteiger partial charge in [-0.1, -0.05) is 13.8 Å². The molecule has 0 spiro atoms. The summed E-state index contributed by atoms with van der Waals surface area (Å²) >= 11 is 0. The lowest BCUT2D eigenvalue weighted by molar-refractivity contribution is -0.191. The lowest BCUT2D eigenvalue weighted by atomic mass is 9.44. The molecule has 0 heterocycles. The van der Waals surface area contributed by atoms with Gasteiger partial charge in [0.25, 0.3) is 0 Å². The molecular formula is C36H55NO10. The number of ether oxygens (including phenoxy) is 4. The smallest absolute Gasteiger partial charge is 0.350 e. The summed E-state index contributed by atoms with van der Waals surface area (Å²) in [5.41, 5.74) is -2.09. The van der Waals surface area contributed by atoms with Crippen LogP contribution in [-0.2, 0) is 47.7 Å². The summed E-state index contributed by atoms with van der Waals surface area (Å²) in [4.78, 5) is 74.8. The Morgan fingerprint density at radius 1 is 0.787 bits per heavy atom. The Balaban J connectivity index is 1.27. The van der Waals surface area contributed by atoms with Crippen molar-refractivity contribution in [3.63, 3.8) is 0 Å². The number of fused-ring (bicyclic) bond motifs is 5. The average molecular weight is 662 g/mol. The molecule has 0 aromatic heterocycles. The summed E-state index contributed by atoms with van der Waals surface area (Å²) in [5.74, 6) is -0.513. The molecule has 4 fully saturated rings. The number of carbonyl (C=O) groups excluding carboxylic acids is 6. The largest absolute Gasteiger partial charge is 0.464 e. The van der Waals surface area contributed by atoms with Gasteiger partial charge in [0.2, 0.25) is 11.5 Å². The summed E-state index contributed by atoms with van der Waals surface area (Å²) in [7, 11) is 0. The molecule has 0 bridgehead atoms. The molecule has 11 nitrogen and oxygen atoms in total. The summed E-state index contributed by atoms with van der Waals surface area (Å²) in [6, 6.07) is 0. The highest BCUT2D eigenvalue weighted by molar-refractivity contribution is 5.86. The van der Waals surface area contributed by atoms with Crippen LogP contribution < -0.4 is 0 Å². The van der Waals surface area contributed by atoms with E-state index in [0.717, 1.165) is 62.7 Å². The van der Waals surface area contributed by atoms with Crippen LogP contribution in [0.15, 0.2) is 0 Å². The molecular weight excluding hydrogens is 606 g/mol. The van der Waals surface area contributed by atoms with Crippen LogP contribution in [0.5, 0.6) is 0 Å². The van der Waals surface area contributed by atoms with Crippen molar-refractivity contribution in [1.29, 1.82) is 0 Å². The molecule has 1 amide bonds. The predicted octanol–water partition coefficient (Wildman–Crippen LogP) is 4.81. The Labute approximate surface area is 279 Å². The first-order chi connectivity index (χ1) is 21.8. The maximum Gasteiger partial charge on any atom is 0.350 e. The number of hydrogen-bond donors (Lipinski definition) is 0. The highest BCUT2D eigenvalue weighted by Crippen LogP contribution is 2.68. The second-order valence-corrected chi connectivity index (χ2v) is 15.9. The van der Waals surface area contributed by atoms with E-state index in [-0.39, 0.29) is 29.9 Å². The van der Waals surface area contributed by atoms with E-state index in [4.69, 9.17) is 18.9 Å². The molecule has 0 aromatic carbocycles. The van der Waals surface area contributed by atoms with Crippen LogP contribution in [0.25, 0.3) is 0 Å². The Morgan fingerprint density at radius 3 is 2.11 bits per heavy atom. The van der Waals surface area contributed by atoms with Crippen LogP contribution in [0.1, 0.15) is 113 Å². The summed E-state index contributed by atoms with van der Waals surface area (Å²) < 4.78 is 21.3. The molecule has 0 saturated heterocycles. The number of rotatable bonds is 11. The van der Waals surface area contributed by atoms with Gasteiger partial charge in [-0.05, 0) is 120 Å². The summed E-state index contributed by atoms with van der Waals surface area (Å²) in [6.07, 6.45) is 9.14. The lowest BCUT2D eigenvalue weighted by Gasteiger charge is -2.62. The van der Waals surface area contributed by atoms with Gasteiger partial charge in [0.05, 0.1) is 6.54 Å². The van der Waals surface area contributed by atoms with Crippen LogP contribution in [0, 0.1) is 40.4 Å². The fourth-order valence-corrected chi connectivity index (χ4v) is 9.94. The van der Waals surface area contributed by atoms with E-state index < -0.39 is 54.1 Å². The van der Waals surface area contributed by atoms with Crippen molar-refractivity contribution in [2.75, 3.05) is 26.3 Å². The zero-order chi connectivity index (χ0) is 34.9. The number of hydrogen-bond acceptors (Lipinski definition) is 10. The zero-order valence-corrected chi connectivity index (χ0v) is 29.6. The van der Waals surface area contributed by atoms with Crippen LogP contribution in [0.2, 0.25) is 0 Å². The second kappa shape index (κ2) is 13.9. The second-order valence-electron chi connectivity index (χ2n) is 15.9. The van der Waals surface area contributed by atoms with Crippen molar-refractivity contribution >= 4 is 35.6 Å². The van der Waals surface area contributed by atoms with Crippen molar-refractivity contribution in [2.24, 2.45) is 40.4 Å². The third kappa shape index (κ3) is 7.85. The standard InChI is InChI=1S/C36H55NO10/c1-22(38)27-11-12-28-26-10-9-25-19-34(6,15-16-35(25,7)29(26)13-14-36(27,28)8)47-31(42)21-45-32(43)33(4,5)46-30(41)20-37(23(2)39)17-18-44-24(3)40/h25-29H,9-21H2,1-8H3/t25-,26-,27+,28-,29-,34+,35-,36+/m0/s1. The van der Waals surface area contributed by atoms with E-state index in [1.165, 1.54) is 27.7 Å². The Hall–Kier alpha value is -2.98. The van der Waals surface area contributed by atoms with Crippen LogP contribution in [0.4, 0.5) is 0 Å². The van der Waals surface area contributed by atoms with Crippen molar-refractivity contribution in [1.82, 2.24) is 4.90 Å². The fraction of sp³-hybridized carbons (Fsp3) is 0.833.